The number of benzene rings is 1. The summed E-state index contributed by atoms with van der Waals surface area (Å²) in [6.07, 6.45) is 2.76. The van der Waals surface area contributed by atoms with Crippen molar-refractivity contribution in [2.45, 2.75) is 6.42 Å². The van der Waals surface area contributed by atoms with Crippen molar-refractivity contribution in [3.63, 3.8) is 0 Å². The maximum absolute atomic E-state index is 4.44. The van der Waals surface area contributed by atoms with Gasteiger partial charge < -0.3 is 10.2 Å². The number of nitrogens with zero attached hydrogens (tertiary/aromatic N) is 2. The minimum atomic E-state index is 0.909. The molecule has 0 amide bonds. The molecule has 0 saturated heterocycles. The Labute approximate surface area is 115 Å². The zero-order chi connectivity index (χ0) is 13.5. The van der Waals surface area contributed by atoms with Crippen LogP contribution < -0.4 is 5.32 Å². The summed E-state index contributed by atoms with van der Waals surface area (Å²) < 4.78 is 0. The van der Waals surface area contributed by atoms with Crippen molar-refractivity contribution in [1.29, 1.82) is 0 Å². The molecule has 0 radical (unpaired) electrons. The van der Waals surface area contributed by atoms with Crippen LogP contribution in [0, 0.1) is 0 Å². The average Bonchev–Trinajstić information content (AvgIpc) is 2.41. The minimum absolute atomic E-state index is 0.909. The van der Waals surface area contributed by atoms with Gasteiger partial charge in [0.2, 0.25) is 0 Å². The maximum Gasteiger partial charge on any atom is 0.129 e. The quantitative estimate of drug-likeness (QED) is 0.860. The SMILES string of the molecule is CN(C)CCNc1ncccc1Cc1ccccc1. The first-order valence-electron chi connectivity index (χ1n) is 6.62. The van der Waals surface area contributed by atoms with Gasteiger partial charge in [-0.1, -0.05) is 36.4 Å². The van der Waals surface area contributed by atoms with E-state index < -0.39 is 0 Å². The molecular weight excluding hydrogens is 234 g/mol. The Hall–Kier alpha value is -1.87. The molecule has 1 aromatic heterocycles. The zero-order valence-electron chi connectivity index (χ0n) is 11.6. The smallest absolute Gasteiger partial charge is 0.129 e. The van der Waals surface area contributed by atoms with Crippen LogP contribution in [0.3, 0.4) is 0 Å². The third-order valence-corrected chi connectivity index (χ3v) is 2.98. The molecule has 0 spiro atoms. The van der Waals surface area contributed by atoms with Crippen LogP contribution in [0.2, 0.25) is 0 Å². The molecule has 0 bridgehead atoms. The molecule has 0 unspecified atom stereocenters. The minimum Gasteiger partial charge on any atom is -0.369 e. The first-order chi connectivity index (χ1) is 9.25. The third-order valence-electron chi connectivity index (χ3n) is 2.98. The number of hydrogen-bond acceptors (Lipinski definition) is 3. The van der Waals surface area contributed by atoms with Gasteiger partial charge in [0.15, 0.2) is 0 Å². The van der Waals surface area contributed by atoms with Crippen molar-refractivity contribution in [1.82, 2.24) is 9.88 Å². The highest BCUT2D eigenvalue weighted by molar-refractivity contribution is 5.46. The molecule has 3 nitrogen and oxygen atoms in total. The van der Waals surface area contributed by atoms with E-state index in [1.54, 1.807) is 0 Å². The summed E-state index contributed by atoms with van der Waals surface area (Å²) in [6.45, 7) is 1.91. The molecule has 0 atom stereocenters. The highest BCUT2D eigenvalue weighted by atomic mass is 15.1. The molecule has 100 valence electrons. The zero-order valence-corrected chi connectivity index (χ0v) is 11.6. The molecular formula is C16H21N3. The lowest BCUT2D eigenvalue weighted by atomic mass is 10.1. The number of pyridine rings is 1. The van der Waals surface area contributed by atoms with Gasteiger partial charge in [-0.25, -0.2) is 4.98 Å². The van der Waals surface area contributed by atoms with E-state index in [1.807, 2.05) is 18.3 Å². The number of nitrogens with one attached hydrogen (secondary N) is 1. The number of rotatable bonds is 6. The lowest BCUT2D eigenvalue weighted by molar-refractivity contribution is 0.425. The second-order valence-corrected chi connectivity index (χ2v) is 4.90. The predicted octanol–water partition coefficient (Wildman–Crippen LogP) is 2.65. The van der Waals surface area contributed by atoms with Crippen molar-refractivity contribution in [2.75, 3.05) is 32.5 Å². The van der Waals surface area contributed by atoms with E-state index in [-0.39, 0.29) is 0 Å². The van der Waals surface area contributed by atoms with Crippen molar-refractivity contribution >= 4 is 5.82 Å². The summed E-state index contributed by atoms with van der Waals surface area (Å²) in [7, 11) is 4.15. The predicted molar refractivity (Wildman–Crippen MR) is 80.5 cm³/mol. The Morgan fingerprint density at radius 2 is 1.84 bits per heavy atom. The molecule has 0 aliphatic heterocycles. The molecule has 1 N–H and O–H groups in total. The van der Waals surface area contributed by atoms with Gasteiger partial charge in [-0.05, 0) is 31.3 Å². The molecule has 0 fully saturated rings. The molecule has 1 heterocycles. The molecule has 2 aromatic rings. The number of likely N-dealkylation sites (N-methyl/N-ethyl adjacent to an activating group) is 1. The second-order valence-electron chi connectivity index (χ2n) is 4.90. The van der Waals surface area contributed by atoms with Crippen LogP contribution in [0.4, 0.5) is 5.82 Å². The summed E-state index contributed by atoms with van der Waals surface area (Å²) in [6, 6.07) is 14.6. The summed E-state index contributed by atoms with van der Waals surface area (Å²) in [5.41, 5.74) is 2.55. The van der Waals surface area contributed by atoms with Gasteiger partial charge in [0.25, 0.3) is 0 Å². The molecule has 19 heavy (non-hydrogen) atoms. The molecule has 3 heteroatoms. The lowest BCUT2D eigenvalue weighted by Gasteiger charge is -2.13. The van der Waals surface area contributed by atoms with Crippen molar-refractivity contribution in [3.05, 3.63) is 59.8 Å². The van der Waals surface area contributed by atoms with Crippen LogP contribution in [0.1, 0.15) is 11.1 Å². The van der Waals surface area contributed by atoms with E-state index in [0.29, 0.717) is 0 Å². The highest BCUT2D eigenvalue weighted by Crippen LogP contribution is 2.16. The normalized spacial score (nSPS) is 10.7. The van der Waals surface area contributed by atoms with Crippen LogP contribution >= 0.6 is 0 Å². The standard InChI is InChI=1S/C16H21N3/c1-19(2)12-11-18-16-15(9-6-10-17-16)13-14-7-4-3-5-8-14/h3-10H,11-13H2,1-2H3,(H,17,18). The summed E-state index contributed by atoms with van der Waals surface area (Å²) in [4.78, 5) is 6.60. The Kier molecular flexibility index (Phi) is 4.93. The summed E-state index contributed by atoms with van der Waals surface area (Å²) in [5.74, 6) is 0.994. The van der Waals surface area contributed by atoms with Gasteiger partial charge in [-0.2, -0.15) is 0 Å². The van der Waals surface area contributed by atoms with E-state index in [2.05, 4.69) is 59.6 Å². The summed E-state index contributed by atoms with van der Waals surface area (Å²) >= 11 is 0. The van der Waals surface area contributed by atoms with E-state index in [9.17, 15) is 0 Å². The van der Waals surface area contributed by atoms with E-state index >= 15 is 0 Å². The molecule has 0 aliphatic rings. The van der Waals surface area contributed by atoms with Crippen molar-refractivity contribution in [3.8, 4) is 0 Å². The third kappa shape index (κ3) is 4.38. The van der Waals surface area contributed by atoms with Gasteiger partial charge in [-0.3, -0.25) is 0 Å². The lowest BCUT2D eigenvalue weighted by Crippen LogP contribution is -2.21. The highest BCUT2D eigenvalue weighted by Gasteiger charge is 2.03. The number of anilines is 1. The van der Waals surface area contributed by atoms with Gasteiger partial charge in [-0.15, -0.1) is 0 Å². The topological polar surface area (TPSA) is 28.2 Å². The maximum atomic E-state index is 4.44. The first-order valence-corrected chi connectivity index (χ1v) is 6.62. The van der Waals surface area contributed by atoms with Crippen LogP contribution in [0.25, 0.3) is 0 Å². The van der Waals surface area contributed by atoms with Crippen LogP contribution in [0.15, 0.2) is 48.7 Å². The van der Waals surface area contributed by atoms with Crippen LogP contribution in [-0.2, 0) is 6.42 Å². The van der Waals surface area contributed by atoms with E-state index in [1.165, 1.54) is 11.1 Å². The number of hydrogen-bond donors (Lipinski definition) is 1. The van der Waals surface area contributed by atoms with Gasteiger partial charge in [0, 0.05) is 25.7 Å². The van der Waals surface area contributed by atoms with Gasteiger partial charge in [0.1, 0.15) is 5.82 Å². The molecule has 0 saturated carbocycles. The Balaban J connectivity index is 2.04. The molecule has 1 aromatic carbocycles. The molecule has 0 aliphatic carbocycles. The fourth-order valence-corrected chi connectivity index (χ4v) is 1.95. The van der Waals surface area contributed by atoms with Crippen molar-refractivity contribution in [2.24, 2.45) is 0 Å². The van der Waals surface area contributed by atoms with Crippen LogP contribution in [-0.4, -0.2) is 37.1 Å². The Morgan fingerprint density at radius 1 is 1.05 bits per heavy atom. The van der Waals surface area contributed by atoms with Gasteiger partial charge >= 0.3 is 0 Å². The molecule has 2 rings (SSSR count). The van der Waals surface area contributed by atoms with Crippen LogP contribution in [0.5, 0.6) is 0 Å². The first kappa shape index (κ1) is 13.6. The monoisotopic (exact) mass is 255 g/mol. The summed E-state index contributed by atoms with van der Waals surface area (Å²) in [5, 5.41) is 3.41. The van der Waals surface area contributed by atoms with E-state index in [4.69, 9.17) is 0 Å². The second kappa shape index (κ2) is 6.90. The fourth-order valence-electron chi connectivity index (χ4n) is 1.95. The average molecular weight is 255 g/mol. The largest absolute Gasteiger partial charge is 0.369 e. The van der Waals surface area contributed by atoms with Gasteiger partial charge in [0.05, 0.1) is 0 Å². The number of aromatic nitrogens is 1. The Morgan fingerprint density at radius 3 is 2.58 bits per heavy atom. The fraction of sp³-hybridized carbons (Fsp3) is 0.312. The Bertz CT molecular complexity index is 494. The van der Waals surface area contributed by atoms with Crippen molar-refractivity contribution < 1.29 is 0 Å². The van der Waals surface area contributed by atoms with E-state index in [0.717, 1.165) is 25.3 Å².